The van der Waals surface area contributed by atoms with Crippen molar-refractivity contribution in [1.29, 1.82) is 0 Å². The molecule has 0 aliphatic heterocycles. The Morgan fingerprint density at radius 2 is 1.60 bits per heavy atom. The summed E-state index contributed by atoms with van der Waals surface area (Å²) >= 11 is 0. The quantitative estimate of drug-likeness (QED) is 0.468. The van der Waals surface area contributed by atoms with Crippen LogP contribution in [0.15, 0.2) is 12.1 Å². The van der Waals surface area contributed by atoms with Gasteiger partial charge in [-0.15, -0.1) is 0 Å². The van der Waals surface area contributed by atoms with Crippen LogP contribution in [0.2, 0.25) is 0 Å². The molecule has 0 N–H and O–H groups in total. The van der Waals surface area contributed by atoms with Gasteiger partial charge < -0.3 is 0 Å². The highest BCUT2D eigenvalue weighted by molar-refractivity contribution is 6.34. The van der Waals surface area contributed by atoms with E-state index >= 15 is 0 Å². The molecule has 0 aliphatic carbocycles. The third-order valence-electron chi connectivity index (χ3n) is 1.56. The first-order valence-electron chi connectivity index (χ1n) is 3.13. The van der Waals surface area contributed by atoms with Crippen LogP contribution in [0.25, 0.3) is 0 Å². The van der Waals surface area contributed by atoms with Gasteiger partial charge in [0.05, 0.1) is 0 Å². The molecule has 0 bridgehead atoms. The van der Waals surface area contributed by atoms with Crippen LogP contribution >= 0.6 is 0 Å². The van der Waals surface area contributed by atoms with Gasteiger partial charge in [0.1, 0.15) is 13.7 Å². The lowest BCUT2D eigenvalue weighted by Gasteiger charge is -2.03. The number of hydrogen-bond acceptors (Lipinski definition) is 0. The van der Waals surface area contributed by atoms with E-state index in [4.69, 9.17) is 7.85 Å². The molecule has 1 rings (SSSR count). The first-order valence-corrected chi connectivity index (χ1v) is 3.13. The molecule has 0 aromatic heterocycles. The number of benzene rings is 1. The molecule has 0 nitrogen and oxygen atoms in total. The van der Waals surface area contributed by atoms with Crippen molar-refractivity contribution in [1.82, 2.24) is 0 Å². The van der Waals surface area contributed by atoms with Crippen molar-refractivity contribution in [2.75, 3.05) is 0 Å². The van der Waals surface area contributed by atoms with Gasteiger partial charge in [-0.2, -0.15) is 0 Å². The standard InChI is InChI=1S/C8H8BF/c1-5-3-7(10)4-6(2)8(5)9/h3-4H,1-2H3. The van der Waals surface area contributed by atoms with Gasteiger partial charge in [0.15, 0.2) is 0 Å². The van der Waals surface area contributed by atoms with Crippen LogP contribution in [-0.4, -0.2) is 7.85 Å². The summed E-state index contributed by atoms with van der Waals surface area (Å²) in [5, 5.41) is 0. The fraction of sp³-hybridized carbons (Fsp3) is 0.250. The van der Waals surface area contributed by atoms with Gasteiger partial charge >= 0.3 is 0 Å². The Morgan fingerprint density at radius 3 is 2.00 bits per heavy atom. The average molecular weight is 134 g/mol. The Morgan fingerprint density at radius 1 is 1.20 bits per heavy atom. The first kappa shape index (κ1) is 7.32. The first-order chi connectivity index (χ1) is 4.61. The maximum Gasteiger partial charge on any atom is 0.123 e. The second kappa shape index (κ2) is 2.45. The lowest BCUT2D eigenvalue weighted by atomic mass is 9.87. The minimum atomic E-state index is -0.218. The second-order valence-corrected chi connectivity index (χ2v) is 2.45. The molecule has 10 heavy (non-hydrogen) atoms. The van der Waals surface area contributed by atoms with Crippen LogP contribution < -0.4 is 5.46 Å². The fourth-order valence-corrected chi connectivity index (χ4v) is 0.922. The Kier molecular flexibility index (Phi) is 1.79. The monoisotopic (exact) mass is 134 g/mol. The number of hydrogen-bond donors (Lipinski definition) is 0. The summed E-state index contributed by atoms with van der Waals surface area (Å²) in [5.41, 5.74) is 2.29. The van der Waals surface area contributed by atoms with E-state index in [1.54, 1.807) is 13.8 Å². The molecule has 50 valence electrons. The van der Waals surface area contributed by atoms with Crippen LogP contribution in [0.3, 0.4) is 0 Å². The van der Waals surface area contributed by atoms with Crippen molar-refractivity contribution < 1.29 is 4.39 Å². The summed E-state index contributed by atoms with van der Waals surface area (Å²) in [4.78, 5) is 0. The second-order valence-electron chi connectivity index (χ2n) is 2.45. The zero-order valence-corrected chi connectivity index (χ0v) is 6.11. The van der Waals surface area contributed by atoms with Crippen molar-refractivity contribution in [2.45, 2.75) is 13.8 Å². The van der Waals surface area contributed by atoms with Gasteiger partial charge in [0, 0.05) is 0 Å². The molecule has 0 unspecified atom stereocenters. The molecule has 0 amide bonds. The molecule has 0 fully saturated rings. The third kappa shape index (κ3) is 1.20. The minimum Gasteiger partial charge on any atom is -0.207 e. The zero-order chi connectivity index (χ0) is 7.72. The van der Waals surface area contributed by atoms with Crippen LogP contribution in [0.5, 0.6) is 0 Å². The average Bonchev–Trinajstić information content (AvgIpc) is 1.82. The summed E-state index contributed by atoms with van der Waals surface area (Å²) in [6.07, 6.45) is 0. The molecule has 0 aliphatic rings. The summed E-state index contributed by atoms with van der Waals surface area (Å²) in [6, 6.07) is 2.87. The molecule has 0 heterocycles. The van der Waals surface area contributed by atoms with E-state index in [-0.39, 0.29) is 5.82 Å². The van der Waals surface area contributed by atoms with E-state index in [2.05, 4.69) is 0 Å². The molecule has 0 saturated carbocycles. The highest BCUT2D eigenvalue weighted by Crippen LogP contribution is 2.02. The maximum absolute atomic E-state index is 12.6. The Hall–Kier alpha value is -0.785. The van der Waals surface area contributed by atoms with Crippen molar-refractivity contribution in [3.05, 3.63) is 29.1 Å². The van der Waals surface area contributed by atoms with E-state index in [0.29, 0.717) is 5.46 Å². The van der Waals surface area contributed by atoms with Crippen LogP contribution in [0, 0.1) is 19.7 Å². The molecule has 1 aromatic carbocycles. The van der Waals surface area contributed by atoms with Crippen LogP contribution in [0.1, 0.15) is 11.1 Å². The predicted octanol–water partition coefficient (Wildman–Crippen LogP) is 1.24. The van der Waals surface area contributed by atoms with Gasteiger partial charge in [0.2, 0.25) is 0 Å². The van der Waals surface area contributed by atoms with Crippen molar-refractivity contribution >= 4 is 13.3 Å². The van der Waals surface area contributed by atoms with Gasteiger partial charge in [-0.1, -0.05) is 16.6 Å². The summed E-state index contributed by atoms with van der Waals surface area (Å²) < 4.78 is 12.6. The highest BCUT2D eigenvalue weighted by Gasteiger charge is 1.97. The van der Waals surface area contributed by atoms with Crippen molar-refractivity contribution in [2.24, 2.45) is 0 Å². The van der Waals surface area contributed by atoms with Gasteiger partial charge in [-0.25, -0.2) is 4.39 Å². The van der Waals surface area contributed by atoms with E-state index in [1.165, 1.54) is 12.1 Å². The molecule has 0 atom stereocenters. The third-order valence-corrected chi connectivity index (χ3v) is 1.56. The van der Waals surface area contributed by atoms with Crippen molar-refractivity contribution in [3.8, 4) is 0 Å². The van der Waals surface area contributed by atoms with E-state index in [0.717, 1.165) is 11.1 Å². The number of rotatable bonds is 0. The van der Waals surface area contributed by atoms with E-state index in [1.807, 2.05) is 0 Å². The zero-order valence-electron chi connectivity index (χ0n) is 6.11. The van der Waals surface area contributed by atoms with Gasteiger partial charge in [-0.05, 0) is 26.0 Å². The summed E-state index contributed by atoms with van der Waals surface area (Å²) in [7, 11) is 5.58. The minimum absolute atomic E-state index is 0.218. The Balaban J connectivity index is 3.31. The van der Waals surface area contributed by atoms with E-state index in [9.17, 15) is 4.39 Å². The molecular formula is C8H8BF. The van der Waals surface area contributed by atoms with Gasteiger partial charge in [0.25, 0.3) is 0 Å². The molecule has 2 radical (unpaired) electrons. The predicted molar refractivity (Wildman–Crippen MR) is 41.3 cm³/mol. The summed E-state index contributed by atoms with van der Waals surface area (Å²) in [6.45, 7) is 3.59. The number of aryl methyl sites for hydroxylation is 2. The lowest BCUT2D eigenvalue weighted by molar-refractivity contribution is 0.626. The molecule has 1 aromatic rings. The lowest BCUT2D eigenvalue weighted by Crippen LogP contribution is -2.11. The topological polar surface area (TPSA) is 0 Å². The summed E-state index contributed by atoms with van der Waals surface area (Å²) in [5.74, 6) is -0.218. The normalized spacial score (nSPS) is 9.90. The molecular weight excluding hydrogens is 126 g/mol. The molecule has 0 spiro atoms. The van der Waals surface area contributed by atoms with Gasteiger partial charge in [-0.3, -0.25) is 0 Å². The largest absolute Gasteiger partial charge is 0.207 e. The van der Waals surface area contributed by atoms with Crippen molar-refractivity contribution in [3.63, 3.8) is 0 Å². The highest BCUT2D eigenvalue weighted by atomic mass is 19.1. The van der Waals surface area contributed by atoms with Crippen LogP contribution in [0.4, 0.5) is 4.39 Å². The number of halogens is 1. The Bertz CT molecular complexity index is 232. The molecule has 2 heteroatoms. The SMILES string of the molecule is [B]c1c(C)cc(F)cc1C. The van der Waals surface area contributed by atoms with E-state index < -0.39 is 0 Å². The smallest absolute Gasteiger partial charge is 0.123 e. The maximum atomic E-state index is 12.6. The van der Waals surface area contributed by atoms with Crippen LogP contribution in [-0.2, 0) is 0 Å². The fourth-order valence-electron chi connectivity index (χ4n) is 0.922. The Labute approximate surface area is 61.5 Å². The molecule has 0 saturated heterocycles.